The van der Waals surface area contributed by atoms with E-state index in [4.69, 9.17) is 18.9 Å². The topological polar surface area (TPSA) is 169 Å². The summed E-state index contributed by atoms with van der Waals surface area (Å²) >= 11 is 0. The van der Waals surface area contributed by atoms with Crippen molar-refractivity contribution in [2.75, 3.05) is 31.3 Å². The highest BCUT2D eigenvalue weighted by Gasteiger charge is 2.43. The molecule has 13 heteroatoms. The number of anilines is 1. The minimum absolute atomic E-state index is 0.0239. The Bertz CT molecular complexity index is 2180. The molecule has 0 aromatic heterocycles. The SMILES string of the molecule is O=C(OCC1CO1)c1cccc(Cc2ccc(N3C(=O)c4ccc(C(=O)N5C(=O)c6ccccc6C5=O)cc4C3=O)c(C(=O)OCC3CO3)c2)c1. The van der Waals surface area contributed by atoms with Crippen LogP contribution >= 0.6 is 0 Å². The molecule has 2 unspecified atom stereocenters. The third kappa shape index (κ3) is 5.98. The normalized spacial score (nSPS) is 18.4. The van der Waals surface area contributed by atoms with Gasteiger partial charge in [0.05, 0.1) is 52.3 Å². The molecular formula is C38H26N2O11. The van der Waals surface area contributed by atoms with Crippen LogP contribution in [0.2, 0.25) is 0 Å². The Labute approximate surface area is 289 Å². The largest absolute Gasteiger partial charge is 0.459 e. The van der Waals surface area contributed by atoms with Crippen LogP contribution in [-0.2, 0) is 25.4 Å². The van der Waals surface area contributed by atoms with Crippen molar-refractivity contribution in [3.63, 3.8) is 0 Å². The number of rotatable bonds is 10. The number of benzene rings is 4. The van der Waals surface area contributed by atoms with Crippen molar-refractivity contribution < 1.29 is 52.5 Å². The lowest BCUT2D eigenvalue weighted by atomic mass is 9.99. The fraction of sp³-hybridized carbons (Fsp3) is 0.184. The van der Waals surface area contributed by atoms with Gasteiger partial charge >= 0.3 is 11.9 Å². The van der Waals surface area contributed by atoms with Gasteiger partial charge in [-0.2, -0.15) is 0 Å². The lowest BCUT2D eigenvalue weighted by molar-refractivity contribution is 0.0469. The number of hydrogen-bond donors (Lipinski definition) is 0. The molecule has 0 saturated carbocycles. The zero-order valence-corrected chi connectivity index (χ0v) is 26.7. The summed E-state index contributed by atoms with van der Waals surface area (Å²) in [6.45, 7) is 1.14. The van der Waals surface area contributed by atoms with Crippen molar-refractivity contribution in [1.29, 1.82) is 0 Å². The van der Waals surface area contributed by atoms with Crippen molar-refractivity contribution in [1.82, 2.24) is 4.90 Å². The zero-order chi connectivity index (χ0) is 35.4. The fourth-order valence-corrected chi connectivity index (χ4v) is 6.02. The first-order valence-corrected chi connectivity index (χ1v) is 16.0. The van der Waals surface area contributed by atoms with E-state index < -0.39 is 41.5 Å². The summed E-state index contributed by atoms with van der Waals surface area (Å²) in [5.74, 6) is -5.38. The van der Waals surface area contributed by atoms with Gasteiger partial charge in [-0.25, -0.2) is 19.4 Å². The molecule has 4 heterocycles. The van der Waals surface area contributed by atoms with E-state index in [2.05, 4.69) is 0 Å². The van der Waals surface area contributed by atoms with Crippen LogP contribution in [0.15, 0.2) is 84.9 Å². The van der Waals surface area contributed by atoms with Crippen LogP contribution in [0.4, 0.5) is 5.69 Å². The second-order valence-electron chi connectivity index (χ2n) is 12.3. The smallest absolute Gasteiger partial charge is 0.340 e. The first-order chi connectivity index (χ1) is 24.7. The molecule has 51 heavy (non-hydrogen) atoms. The minimum atomic E-state index is -0.951. The van der Waals surface area contributed by atoms with E-state index in [1.807, 2.05) is 6.07 Å². The van der Waals surface area contributed by atoms with Gasteiger partial charge in [-0.1, -0.05) is 30.3 Å². The summed E-state index contributed by atoms with van der Waals surface area (Å²) in [7, 11) is 0. The monoisotopic (exact) mass is 686 g/mol. The molecule has 0 bridgehead atoms. The Balaban J connectivity index is 1.07. The van der Waals surface area contributed by atoms with Crippen molar-refractivity contribution >= 4 is 47.2 Å². The molecule has 0 aliphatic carbocycles. The Kier molecular flexibility index (Phi) is 7.85. The standard InChI is InChI=1S/C38H26N2O11/c41-32(40-34(43)26-6-1-2-7-27(26)35(40)44)22-9-10-28-29(15-22)36(45)39(33(28)42)31-11-8-21(14-30(31)38(47)51-19-25-17-49-25)12-20-4-3-5-23(13-20)37(46)50-18-24-16-48-24/h1-11,13-15,24-25H,12,16-19H2. The lowest BCUT2D eigenvalue weighted by Gasteiger charge is -2.19. The number of epoxide rings is 2. The number of nitrogens with zero attached hydrogens (tertiary/aromatic N) is 2. The van der Waals surface area contributed by atoms with Crippen LogP contribution in [0.25, 0.3) is 0 Å². The quantitative estimate of drug-likeness (QED) is 0.136. The van der Waals surface area contributed by atoms with Gasteiger partial charge in [0.2, 0.25) is 0 Å². The third-order valence-electron chi connectivity index (χ3n) is 8.83. The first kappa shape index (κ1) is 31.9. The van der Waals surface area contributed by atoms with E-state index in [0.29, 0.717) is 29.2 Å². The number of imide groups is 4. The maximum Gasteiger partial charge on any atom is 0.340 e. The van der Waals surface area contributed by atoms with E-state index in [1.165, 1.54) is 36.4 Å². The molecule has 13 nitrogen and oxygen atoms in total. The fourth-order valence-electron chi connectivity index (χ4n) is 6.02. The van der Waals surface area contributed by atoms with Crippen LogP contribution < -0.4 is 4.90 Å². The summed E-state index contributed by atoms with van der Waals surface area (Å²) in [5.41, 5.74) is 1.43. The Hall–Kier alpha value is -6.31. The minimum Gasteiger partial charge on any atom is -0.459 e. The Morgan fingerprint density at radius 2 is 1.22 bits per heavy atom. The molecular weight excluding hydrogens is 660 g/mol. The predicted octanol–water partition coefficient (Wildman–Crippen LogP) is 3.63. The molecule has 8 rings (SSSR count). The second-order valence-corrected chi connectivity index (χ2v) is 12.3. The van der Waals surface area contributed by atoms with E-state index in [-0.39, 0.29) is 70.9 Å². The summed E-state index contributed by atoms with van der Waals surface area (Å²) < 4.78 is 21.0. The molecule has 0 spiro atoms. The molecule has 254 valence electrons. The number of esters is 2. The number of ether oxygens (including phenoxy) is 4. The van der Waals surface area contributed by atoms with Crippen molar-refractivity contribution in [3.05, 3.63) is 135 Å². The number of carbonyl (C=O) groups excluding carboxylic acids is 7. The molecule has 2 fully saturated rings. The van der Waals surface area contributed by atoms with E-state index in [9.17, 15) is 33.6 Å². The maximum atomic E-state index is 13.9. The molecule has 0 N–H and O–H groups in total. The van der Waals surface area contributed by atoms with Gasteiger partial charge in [-0.15, -0.1) is 0 Å². The van der Waals surface area contributed by atoms with Crippen LogP contribution in [0.5, 0.6) is 0 Å². The summed E-state index contributed by atoms with van der Waals surface area (Å²) in [5, 5.41) is 0. The molecule has 0 radical (unpaired) electrons. The summed E-state index contributed by atoms with van der Waals surface area (Å²) in [6, 6.07) is 21.2. The maximum absolute atomic E-state index is 13.9. The number of carbonyl (C=O) groups is 7. The zero-order valence-electron chi connectivity index (χ0n) is 26.7. The van der Waals surface area contributed by atoms with Gasteiger partial charge in [0.1, 0.15) is 25.4 Å². The van der Waals surface area contributed by atoms with Gasteiger partial charge in [0.25, 0.3) is 29.5 Å². The third-order valence-corrected chi connectivity index (χ3v) is 8.83. The highest BCUT2D eigenvalue weighted by Crippen LogP contribution is 2.34. The molecule has 4 aliphatic heterocycles. The number of amides is 5. The van der Waals surface area contributed by atoms with Crippen LogP contribution in [0, 0.1) is 0 Å². The second kappa shape index (κ2) is 12.5. The van der Waals surface area contributed by atoms with Crippen molar-refractivity contribution in [2.45, 2.75) is 18.6 Å². The predicted molar refractivity (Wildman–Crippen MR) is 175 cm³/mol. The molecule has 2 atom stereocenters. The average Bonchev–Trinajstić information content (AvgIpc) is 4.09. The van der Waals surface area contributed by atoms with E-state index in [0.717, 1.165) is 16.5 Å². The highest BCUT2D eigenvalue weighted by atomic mass is 16.6. The molecule has 2 saturated heterocycles. The lowest BCUT2D eigenvalue weighted by Crippen LogP contribution is -2.36. The average molecular weight is 687 g/mol. The van der Waals surface area contributed by atoms with Crippen LogP contribution in [-0.4, -0.2) is 85.0 Å². The van der Waals surface area contributed by atoms with E-state index >= 15 is 0 Å². The van der Waals surface area contributed by atoms with Crippen molar-refractivity contribution in [3.8, 4) is 0 Å². The molecule has 5 amide bonds. The molecule has 4 aromatic carbocycles. The van der Waals surface area contributed by atoms with Crippen molar-refractivity contribution in [2.24, 2.45) is 0 Å². The number of hydrogen-bond acceptors (Lipinski definition) is 11. The Morgan fingerprint density at radius 1 is 0.608 bits per heavy atom. The molecule has 4 aromatic rings. The van der Waals surface area contributed by atoms with E-state index in [1.54, 1.807) is 36.4 Å². The van der Waals surface area contributed by atoms with Gasteiger partial charge in [0, 0.05) is 5.56 Å². The van der Waals surface area contributed by atoms with Gasteiger partial charge < -0.3 is 18.9 Å². The number of fused-ring (bicyclic) bond motifs is 2. The Morgan fingerprint density at radius 3 is 1.88 bits per heavy atom. The highest BCUT2D eigenvalue weighted by molar-refractivity contribution is 6.36. The summed E-state index contributed by atoms with van der Waals surface area (Å²) in [4.78, 5) is 94.2. The van der Waals surface area contributed by atoms with Gasteiger partial charge in [0.15, 0.2) is 0 Å². The van der Waals surface area contributed by atoms with Gasteiger partial charge in [-0.05, 0) is 72.1 Å². The summed E-state index contributed by atoms with van der Waals surface area (Å²) in [6.07, 6.45) is -0.0337. The van der Waals surface area contributed by atoms with Crippen LogP contribution in [0.1, 0.15) is 83.6 Å². The van der Waals surface area contributed by atoms with Crippen LogP contribution in [0.3, 0.4) is 0 Å². The first-order valence-electron chi connectivity index (χ1n) is 16.0. The van der Waals surface area contributed by atoms with Gasteiger partial charge in [-0.3, -0.25) is 24.0 Å². The molecule has 4 aliphatic rings.